The predicted octanol–water partition coefficient (Wildman–Crippen LogP) is 5.71. The molecule has 2 saturated heterocycles. The second-order valence-corrected chi connectivity index (χ2v) is 12.5. The number of rotatable bonds is 12. The molecule has 0 bridgehead atoms. The van der Waals surface area contributed by atoms with E-state index in [0.717, 1.165) is 68.1 Å². The summed E-state index contributed by atoms with van der Waals surface area (Å²) in [5, 5.41) is 3.42. The van der Waals surface area contributed by atoms with Crippen molar-refractivity contribution in [2.24, 2.45) is 0 Å². The third-order valence-corrected chi connectivity index (χ3v) is 9.17. The molecule has 244 valence electrons. The molecule has 1 atom stereocenters. The normalized spacial score (nSPS) is 17.2. The highest BCUT2D eigenvalue weighted by Gasteiger charge is 2.27. The van der Waals surface area contributed by atoms with Crippen LogP contribution in [0.15, 0.2) is 64.2 Å². The van der Waals surface area contributed by atoms with Crippen LogP contribution in [0.1, 0.15) is 49.2 Å². The van der Waals surface area contributed by atoms with Gasteiger partial charge in [0.1, 0.15) is 23.9 Å². The number of anilines is 2. The molecule has 2 aliphatic heterocycles. The summed E-state index contributed by atoms with van der Waals surface area (Å²) in [7, 11) is 0. The number of hydrogen-bond acceptors (Lipinski definition) is 9. The second kappa shape index (κ2) is 13.4. The lowest BCUT2D eigenvalue weighted by Crippen LogP contribution is -2.35. The SMILES string of the molecule is CCOc1c(Nc2ccc3c(c2)nc(CN2CCC(c4cccc(OCc5ccc(Cl)cc5F)n4)CC2)n3CC2CCO2)c(=O)c1=O. The van der Waals surface area contributed by atoms with Crippen LogP contribution < -0.4 is 25.6 Å². The van der Waals surface area contributed by atoms with Gasteiger partial charge in [0, 0.05) is 40.6 Å². The summed E-state index contributed by atoms with van der Waals surface area (Å²) in [6.45, 7) is 6.10. The van der Waals surface area contributed by atoms with E-state index < -0.39 is 16.7 Å². The Labute approximate surface area is 275 Å². The zero-order chi connectivity index (χ0) is 32.5. The van der Waals surface area contributed by atoms with E-state index in [0.29, 0.717) is 35.3 Å². The molecule has 3 aromatic carbocycles. The smallest absolute Gasteiger partial charge is 0.272 e. The van der Waals surface area contributed by atoms with Gasteiger partial charge in [0.25, 0.3) is 10.9 Å². The fraction of sp³-hybridized carbons (Fsp3) is 0.371. The fourth-order valence-corrected chi connectivity index (χ4v) is 6.40. The van der Waals surface area contributed by atoms with Crippen LogP contribution in [0.25, 0.3) is 11.0 Å². The first kappa shape index (κ1) is 31.3. The number of fused-ring (bicyclic) bond motifs is 1. The summed E-state index contributed by atoms with van der Waals surface area (Å²) >= 11 is 5.87. The molecule has 5 aromatic rings. The quantitative estimate of drug-likeness (QED) is 0.169. The minimum Gasteiger partial charge on any atom is -0.488 e. The maximum absolute atomic E-state index is 14.2. The number of hydrogen-bond donors (Lipinski definition) is 1. The summed E-state index contributed by atoms with van der Waals surface area (Å²) < 4.78 is 33.4. The summed E-state index contributed by atoms with van der Waals surface area (Å²) in [4.78, 5) is 36.3. The van der Waals surface area contributed by atoms with Crippen LogP contribution in [0.4, 0.5) is 15.8 Å². The molecule has 10 nitrogen and oxygen atoms in total. The van der Waals surface area contributed by atoms with Crippen LogP contribution in [0, 0.1) is 5.82 Å². The highest BCUT2D eigenvalue weighted by molar-refractivity contribution is 6.30. The number of halogens is 2. The summed E-state index contributed by atoms with van der Waals surface area (Å²) in [6, 6.07) is 16.1. The Morgan fingerprint density at radius 2 is 1.85 bits per heavy atom. The summed E-state index contributed by atoms with van der Waals surface area (Å²) in [5.74, 6) is 1.40. The largest absolute Gasteiger partial charge is 0.488 e. The van der Waals surface area contributed by atoms with Gasteiger partial charge < -0.3 is 24.1 Å². The van der Waals surface area contributed by atoms with Crippen LogP contribution in [-0.2, 0) is 24.4 Å². The number of likely N-dealkylation sites (tertiary alicyclic amines) is 1. The number of aromatic nitrogens is 3. The monoisotopic (exact) mass is 659 g/mol. The molecule has 2 aromatic heterocycles. The molecule has 2 fully saturated rings. The van der Waals surface area contributed by atoms with E-state index in [1.165, 1.54) is 6.07 Å². The number of benzene rings is 2. The van der Waals surface area contributed by atoms with Crippen LogP contribution >= 0.6 is 11.6 Å². The number of piperidine rings is 1. The standard InChI is InChI=1S/C35H35ClFN5O5/c1-2-45-35-32(33(43)34(35)44)38-24-8-9-29-28(17-24)39-30(42(29)18-25-12-15-46-25)19-41-13-10-21(11-14-41)27-4-3-5-31(40-27)47-20-22-6-7-23(36)16-26(22)37/h3-9,16-17,21,25,38H,2,10-15,18-20H2,1H3. The minimum absolute atomic E-state index is 0.0757. The zero-order valence-electron chi connectivity index (χ0n) is 26.0. The molecule has 2 aliphatic rings. The Morgan fingerprint density at radius 3 is 2.60 bits per heavy atom. The Bertz CT molecular complexity index is 1980. The lowest BCUT2D eigenvalue weighted by atomic mass is 9.93. The Hall–Kier alpha value is -4.32. The maximum Gasteiger partial charge on any atom is 0.272 e. The minimum atomic E-state index is -0.603. The van der Waals surface area contributed by atoms with Gasteiger partial charge in [-0.15, -0.1) is 0 Å². The van der Waals surface area contributed by atoms with Gasteiger partial charge in [0.2, 0.25) is 5.88 Å². The Kier molecular flexibility index (Phi) is 8.94. The molecular formula is C35H35ClFN5O5. The van der Waals surface area contributed by atoms with Crippen molar-refractivity contribution in [3.05, 3.63) is 103 Å². The van der Waals surface area contributed by atoms with Gasteiger partial charge in [0.15, 0.2) is 5.75 Å². The molecule has 0 aliphatic carbocycles. The number of nitrogens with one attached hydrogen (secondary N) is 1. The van der Waals surface area contributed by atoms with Crippen molar-refractivity contribution in [3.63, 3.8) is 0 Å². The Balaban J connectivity index is 1.02. The van der Waals surface area contributed by atoms with Crippen molar-refractivity contribution in [2.75, 3.05) is 31.6 Å². The van der Waals surface area contributed by atoms with Gasteiger partial charge in [-0.2, -0.15) is 0 Å². The highest BCUT2D eigenvalue weighted by atomic mass is 35.5. The highest BCUT2D eigenvalue weighted by Crippen LogP contribution is 2.31. The third kappa shape index (κ3) is 6.60. The first-order chi connectivity index (χ1) is 22.9. The third-order valence-electron chi connectivity index (χ3n) is 8.94. The van der Waals surface area contributed by atoms with E-state index in [9.17, 15) is 14.0 Å². The van der Waals surface area contributed by atoms with E-state index in [1.54, 1.807) is 25.1 Å². The lowest BCUT2D eigenvalue weighted by Gasteiger charge is -2.32. The van der Waals surface area contributed by atoms with Crippen molar-refractivity contribution >= 4 is 34.0 Å². The van der Waals surface area contributed by atoms with Gasteiger partial charge >= 0.3 is 0 Å². The van der Waals surface area contributed by atoms with Crippen molar-refractivity contribution in [2.45, 2.75) is 57.9 Å². The van der Waals surface area contributed by atoms with Crippen molar-refractivity contribution < 1.29 is 18.6 Å². The van der Waals surface area contributed by atoms with Crippen LogP contribution in [0.3, 0.4) is 0 Å². The molecular weight excluding hydrogens is 625 g/mol. The lowest BCUT2D eigenvalue weighted by molar-refractivity contribution is -0.0592. The molecule has 0 saturated carbocycles. The molecule has 4 heterocycles. The van der Waals surface area contributed by atoms with Crippen molar-refractivity contribution in [1.82, 2.24) is 19.4 Å². The zero-order valence-corrected chi connectivity index (χ0v) is 26.8. The molecule has 0 radical (unpaired) electrons. The number of pyridine rings is 1. The number of ether oxygens (including phenoxy) is 3. The van der Waals surface area contributed by atoms with Crippen molar-refractivity contribution in [3.8, 4) is 11.6 Å². The Morgan fingerprint density at radius 1 is 1.02 bits per heavy atom. The summed E-state index contributed by atoms with van der Waals surface area (Å²) in [5.41, 5.74) is 2.86. The molecule has 1 unspecified atom stereocenters. The average molecular weight is 660 g/mol. The molecule has 47 heavy (non-hydrogen) atoms. The molecule has 7 rings (SSSR count). The molecule has 0 amide bonds. The van der Waals surface area contributed by atoms with E-state index in [1.807, 2.05) is 30.3 Å². The van der Waals surface area contributed by atoms with Gasteiger partial charge in [0.05, 0.1) is 36.8 Å². The molecule has 1 N–H and O–H groups in total. The van der Waals surface area contributed by atoms with E-state index in [2.05, 4.69) is 14.8 Å². The van der Waals surface area contributed by atoms with E-state index in [-0.39, 0.29) is 30.1 Å². The van der Waals surface area contributed by atoms with E-state index in [4.69, 9.17) is 35.8 Å². The topological polar surface area (TPSA) is 108 Å². The van der Waals surface area contributed by atoms with Gasteiger partial charge in [-0.1, -0.05) is 23.7 Å². The van der Waals surface area contributed by atoms with Crippen LogP contribution in [0.5, 0.6) is 11.6 Å². The maximum atomic E-state index is 14.2. The second-order valence-electron chi connectivity index (χ2n) is 12.0. The van der Waals surface area contributed by atoms with Crippen molar-refractivity contribution in [1.29, 1.82) is 0 Å². The first-order valence-corrected chi connectivity index (χ1v) is 16.3. The fourth-order valence-electron chi connectivity index (χ4n) is 6.24. The van der Waals surface area contributed by atoms with E-state index >= 15 is 0 Å². The molecule has 12 heteroatoms. The first-order valence-electron chi connectivity index (χ1n) is 16.0. The number of nitrogens with zero attached hydrogens (tertiary/aromatic N) is 4. The summed E-state index contributed by atoms with van der Waals surface area (Å²) in [6.07, 6.45) is 3.04. The molecule has 0 spiro atoms. The predicted molar refractivity (Wildman–Crippen MR) is 177 cm³/mol. The van der Waals surface area contributed by atoms with Gasteiger partial charge in [-0.05, 0) is 75.7 Å². The van der Waals surface area contributed by atoms with Gasteiger partial charge in [-0.25, -0.2) is 14.4 Å². The van der Waals surface area contributed by atoms with Crippen LogP contribution in [0.2, 0.25) is 5.02 Å². The van der Waals surface area contributed by atoms with Crippen LogP contribution in [-0.4, -0.2) is 51.8 Å². The number of imidazole rings is 1. The van der Waals surface area contributed by atoms with Gasteiger partial charge in [-0.3, -0.25) is 14.5 Å². The average Bonchev–Trinajstić information content (AvgIpc) is 3.39.